The van der Waals surface area contributed by atoms with E-state index in [1.54, 1.807) is 55.5 Å². The lowest BCUT2D eigenvalue weighted by atomic mass is 10.1. The maximum absolute atomic E-state index is 12.8. The molecule has 0 fully saturated rings. The summed E-state index contributed by atoms with van der Waals surface area (Å²) in [6.07, 6.45) is -2.62. The van der Waals surface area contributed by atoms with Crippen molar-refractivity contribution >= 4 is 6.03 Å². The van der Waals surface area contributed by atoms with E-state index in [9.17, 15) is 13.6 Å². The van der Waals surface area contributed by atoms with Gasteiger partial charge < -0.3 is 10.2 Å². The van der Waals surface area contributed by atoms with Crippen LogP contribution in [0.4, 0.5) is 13.6 Å². The Kier molecular flexibility index (Phi) is 6.47. The monoisotopic (exact) mass is 343 g/mol. The third kappa shape index (κ3) is 5.57. The Bertz CT molecular complexity index is 744. The van der Waals surface area contributed by atoms with E-state index in [4.69, 9.17) is 5.26 Å². The van der Waals surface area contributed by atoms with Crippen molar-refractivity contribution in [3.05, 3.63) is 71.3 Å². The van der Waals surface area contributed by atoms with Crippen LogP contribution in [0.1, 0.15) is 29.7 Å². The van der Waals surface area contributed by atoms with Crippen LogP contribution in [0.5, 0.6) is 0 Å². The number of urea groups is 1. The Morgan fingerprint density at radius 2 is 1.92 bits per heavy atom. The summed E-state index contributed by atoms with van der Waals surface area (Å²) in [6.45, 7) is 1.20. The van der Waals surface area contributed by atoms with Crippen LogP contribution in [0.25, 0.3) is 0 Å². The molecule has 2 rings (SSSR count). The van der Waals surface area contributed by atoms with Gasteiger partial charge in [-0.25, -0.2) is 13.6 Å². The average molecular weight is 343 g/mol. The van der Waals surface area contributed by atoms with Crippen LogP contribution in [-0.4, -0.2) is 23.9 Å². The van der Waals surface area contributed by atoms with E-state index in [-0.39, 0.29) is 6.54 Å². The lowest BCUT2D eigenvalue weighted by molar-refractivity contribution is 0.0949. The first-order chi connectivity index (χ1) is 12.0. The zero-order chi connectivity index (χ0) is 18.2. The Hall–Kier alpha value is -2.94. The van der Waals surface area contributed by atoms with Crippen molar-refractivity contribution in [2.45, 2.75) is 25.9 Å². The SMILES string of the molecule is C[C@H](NC(=O)N(Cc1ccccc1)CC(F)F)c1cccc(C#N)c1. The molecule has 1 N–H and O–H groups in total. The minimum absolute atomic E-state index is 0.0992. The predicted molar refractivity (Wildman–Crippen MR) is 91.0 cm³/mol. The first kappa shape index (κ1) is 18.4. The fourth-order valence-electron chi connectivity index (χ4n) is 2.43. The summed E-state index contributed by atoms with van der Waals surface area (Å²) in [5, 5.41) is 11.7. The van der Waals surface area contributed by atoms with Gasteiger partial charge in [0, 0.05) is 6.54 Å². The molecule has 2 aromatic rings. The van der Waals surface area contributed by atoms with Crippen molar-refractivity contribution < 1.29 is 13.6 Å². The van der Waals surface area contributed by atoms with E-state index in [1.807, 2.05) is 12.1 Å². The number of amides is 2. The summed E-state index contributed by atoms with van der Waals surface area (Å²) in [5.74, 6) is 0. The number of nitrogens with zero attached hydrogens (tertiary/aromatic N) is 2. The Morgan fingerprint density at radius 1 is 1.20 bits per heavy atom. The van der Waals surface area contributed by atoms with Crippen LogP contribution in [-0.2, 0) is 6.54 Å². The Labute approximate surface area is 145 Å². The largest absolute Gasteiger partial charge is 0.331 e. The number of benzene rings is 2. The van der Waals surface area contributed by atoms with Crippen LogP contribution >= 0.6 is 0 Å². The van der Waals surface area contributed by atoms with Crippen molar-refractivity contribution in [3.63, 3.8) is 0 Å². The second-order valence-corrected chi connectivity index (χ2v) is 5.67. The molecule has 130 valence electrons. The Balaban J connectivity index is 2.08. The number of hydrogen-bond donors (Lipinski definition) is 1. The first-order valence-corrected chi connectivity index (χ1v) is 7.87. The summed E-state index contributed by atoms with van der Waals surface area (Å²) in [6, 6.07) is 16.9. The topological polar surface area (TPSA) is 56.1 Å². The molecular weight excluding hydrogens is 324 g/mol. The van der Waals surface area contributed by atoms with Crippen molar-refractivity contribution in [1.82, 2.24) is 10.2 Å². The number of halogens is 2. The molecule has 0 spiro atoms. The molecule has 2 amide bonds. The van der Waals surface area contributed by atoms with Gasteiger partial charge in [-0.2, -0.15) is 5.26 Å². The van der Waals surface area contributed by atoms with Crippen LogP contribution in [0, 0.1) is 11.3 Å². The van der Waals surface area contributed by atoms with Gasteiger partial charge in [0.25, 0.3) is 6.43 Å². The predicted octanol–water partition coefficient (Wildman–Crippen LogP) is 4.10. The number of nitrogens with one attached hydrogen (secondary N) is 1. The molecule has 6 heteroatoms. The number of carbonyl (C=O) groups excluding carboxylic acids is 1. The molecule has 2 aromatic carbocycles. The van der Waals surface area contributed by atoms with E-state index >= 15 is 0 Å². The van der Waals surface area contributed by atoms with Gasteiger partial charge in [0.05, 0.1) is 24.2 Å². The Morgan fingerprint density at radius 3 is 2.56 bits per heavy atom. The van der Waals surface area contributed by atoms with Crippen LogP contribution in [0.15, 0.2) is 54.6 Å². The molecule has 0 heterocycles. The maximum Gasteiger partial charge on any atom is 0.318 e. The normalized spacial score (nSPS) is 11.6. The summed E-state index contributed by atoms with van der Waals surface area (Å²) in [5.41, 5.74) is 1.99. The van der Waals surface area contributed by atoms with Gasteiger partial charge in [0.1, 0.15) is 0 Å². The first-order valence-electron chi connectivity index (χ1n) is 7.87. The van der Waals surface area contributed by atoms with E-state index in [1.165, 1.54) is 0 Å². The molecule has 0 bridgehead atoms. The summed E-state index contributed by atoms with van der Waals surface area (Å²) in [4.78, 5) is 13.5. The smallest absolute Gasteiger partial charge is 0.318 e. The highest BCUT2D eigenvalue weighted by Crippen LogP contribution is 2.15. The number of carbonyl (C=O) groups is 1. The van der Waals surface area contributed by atoms with E-state index in [0.29, 0.717) is 5.56 Å². The molecule has 0 saturated carbocycles. The number of hydrogen-bond acceptors (Lipinski definition) is 2. The molecule has 0 saturated heterocycles. The average Bonchev–Trinajstić information content (AvgIpc) is 2.61. The zero-order valence-corrected chi connectivity index (χ0v) is 13.8. The molecular formula is C19H19F2N3O. The molecule has 0 aliphatic heterocycles. The number of alkyl halides is 2. The van der Waals surface area contributed by atoms with Gasteiger partial charge >= 0.3 is 6.03 Å². The second-order valence-electron chi connectivity index (χ2n) is 5.67. The van der Waals surface area contributed by atoms with Crippen molar-refractivity contribution in [2.24, 2.45) is 0 Å². The highest BCUT2D eigenvalue weighted by molar-refractivity contribution is 5.74. The highest BCUT2D eigenvalue weighted by atomic mass is 19.3. The quantitative estimate of drug-likeness (QED) is 0.859. The summed E-state index contributed by atoms with van der Waals surface area (Å²) in [7, 11) is 0. The van der Waals surface area contributed by atoms with Crippen LogP contribution < -0.4 is 5.32 Å². The number of rotatable bonds is 6. The molecule has 0 radical (unpaired) electrons. The van der Waals surface area contributed by atoms with Gasteiger partial charge in [0.15, 0.2) is 0 Å². The minimum atomic E-state index is -2.62. The van der Waals surface area contributed by atoms with Crippen molar-refractivity contribution in [2.75, 3.05) is 6.54 Å². The van der Waals surface area contributed by atoms with Gasteiger partial charge in [0.2, 0.25) is 0 Å². The fraction of sp³-hybridized carbons (Fsp3) is 0.263. The van der Waals surface area contributed by atoms with Gasteiger partial charge in [-0.3, -0.25) is 0 Å². The fourth-order valence-corrected chi connectivity index (χ4v) is 2.43. The van der Waals surface area contributed by atoms with E-state index in [0.717, 1.165) is 16.0 Å². The number of nitriles is 1. The third-order valence-electron chi connectivity index (χ3n) is 3.72. The van der Waals surface area contributed by atoms with Crippen LogP contribution in [0.2, 0.25) is 0 Å². The van der Waals surface area contributed by atoms with Gasteiger partial charge in [-0.1, -0.05) is 42.5 Å². The molecule has 0 aromatic heterocycles. The summed E-state index contributed by atoms with van der Waals surface area (Å²) < 4.78 is 25.7. The van der Waals surface area contributed by atoms with Crippen LogP contribution in [0.3, 0.4) is 0 Å². The van der Waals surface area contributed by atoms with Gasteiger partial charge in [-0.15, -0.1) is 0 Å². The molecule has 0 aliphatic carbocycles. The van der Waals surface area contributed by atoms with Crippen molar-refractivity contribution in [3.8, 4) is 6.07 Å². The lowest BCUT2D eigenvalue weighted by Crippen LogP contribution is -2.42. The second kappa shape index (κ2) is 8.78. The standard InChI is InChI=1S/C19H19F2N3O/c1-14(17-9-5-8-16(10-17)11-22)23-19(25)24(13-18(20)21)12-15-6-3-2-4-7-15/h2-10,14,18H,12-13H2,1H3,(H,23,25)/t14-/m0/s1. The maximum atomic E-state index is 12.8. The lowest BCUT2D eigenvalue weighted by Gasteiger charge is -2.25. The molecule has 0 aliphatic rings. The summed E-state index contributed by atoms with van der Waals surface area (Å²) >= 11 is 0. The minimum Gasteiger partial charge on any atom is -0.331 e. The molecule has 4 nitrogen and oxygen atoms in total. The molecule has 25 heavy (non-hydrogen) atoms. The molecule has 0 unspecified atom stereocenters. The van der Waals surface area contributed by atoms with E-state index in [2.05, 4.69) is 5.32 Å². The highest BCUT2D eigenvalue weighted by Gasteiger charge is 2.20. The third-order valence-corrected chi connectivity index (χ3v) is 3.72. The molecule has 1 atom stereocenters. The van der Waals surface area contributed by atoms with Crippen molar-refractivity contribution in [1.29, 1.82) is 5.26 Å². The van der Waals surface area contributed by atoms with Gasteiger partial charge in [-0.05, 0) is 30.2 Å². The van der Waals surface area contributed by atoms with E-state index < -0.39 is 25.0 Å². The zero-order valence-electron chi connectivity index (χ0n) is 13.8.